The minimum Gasteiger partial charge on any atom is -0.482 e. The van der Waals surface area contributed by atoms with E-state index in [0.717, 1.165) is 0 Å². The highest BCUT2D eigenvalue weighted by atomic mass is 32.2. The highest BCUT2D eigenvalue weighted by molar-refractivity contribution is 7.89. The van der Waals surface area contributed by atoms with Crippen LogP contribution in [0.1, 0.15) is 26.3 Å². The standard InChI is InChI=1S/C21H22F4N2O5S/c1-21(2,3)32-20(28)27-10-13(11-27)31-18-16(24)14(22)15(23)17(25)19(18)33(29,30)26-9-12-7-5-4-6-8-12/h4-8,13,26H,9-11H2,1-3H3. The number of nitrogens with one attached hydrogen (secondary N) is 1. The van der Waals surface area contributed by atoms with Gasteiger partial charge in [-0.2, -0.15) is 4.39 Å². The van der Waals surface area contributed by atoms with Crippen LogP contribution in [0.3, 0.4) is 0 Å². The molecule has 0 bridgehead atoms. The first kappa shape index (κ1) is 24.8. The molecule has 0 unspecified atom stereocenters. The zero-order valence-electron chi connectivity index (χ0n) is 18.0. The molecule has 0 saturated carbocycles. The van der Waals surface area contributed by atoms with Crippen LogP contribution in [0.15, 0.2) is 35.2 Å². The van der Waals surface area contributed by atoms with Gasteiger partial charge in [-0.05, 0) is 26.3 Å². The fraction of sp³-hybridized carbons (Fsp3) is 0.381. The van der Waals surface area contributed by atoms with Gasteiger partial charge in [-0.1, -0.05) is 30.3 Å². The van der Waals surface area contributed by atoms with Gasteiger partial charge in [0.1, 0.15) is 11.7 Å². The first-order chi connectivity index (χ1) is 15.3. The van der Waals surface area contributed by atoms with E-state index >= 15 is 0 Å². The molecule has 2 aromatic carbocycles. The number of carbonyl (C=O) groups is 1. The number of ether oxygens (including phenoxy) is 2. The molecule has 0 aliphatic carbocycles. The van der Waals surface area contributed by atoms with E-state index < -0.39 is 61.7 Å². The number of amides is 1. The molecule has 1 heterocycles. The van der Waals surface area contributed by atoms with Gasteiger partial charge in [-0.25, -0.2) is 31.1 Å². The fourth-order valence-corrected chi connectivity index (χ4v) is 4.15. The van der Waals surface area contributed by atoms with Gasteiger partial charge in [0.25, 0.3) is 0 Å². The Morgan fingerprint density at radius 3 is 2.18 bits per heavy atom. The van der Waals surface area contributed by atoms with Gasteiger partial charge in [0.05, 0.1) is 13.1 Å². The highest BCUT2D eigenvalue weighted by Gasteiger charge is 2.40. The zero-order chi connectivity index (χ0) is 24.6. The summed E-state index contributed by atoms with van der Waals surface area (Å²) < 4.78 is 94.5. The predicted octanol–water partition coefficient (Wildman–Crippen LogP) is 3.72. The summed E-state index contributed by atoms with van der Waals surface area (Å²) in [5.74, 6) is -9.92. The second kappa shape index (κ2) is 9.18. The Kier molecular flexibility index (Phi) is 6.89. The van der Waals surface area contributed by atoms with Crippen LogP contribution in [0.25, 0.3) is 0 Å². The van der Waals surface area contributed by atoms with Crippen molar-refractivity contribution >= 4 is 16.1 Å². The van der Waals surface area contributed by atoms with Crippen LogP contribution < -0.4 is 9.46 Å². The summed E-state index contributed by atoms with van der Waals surface area (Å²) in [7, 11) is -4.87. The quantitative estimate of drug-likeness (QED) is 0.379. The summed E-state index contributed by atoms with van der Waals surface area (Å²) in [6, 6.07) is 8.09. The van der Waals surface area contributed by atoms with Crippen molar-refractivity contribution in [2.75, 3.05) is 13.1 Å². The van der Waals surface area contributed by atoms with E-state index in [0.29, 0.717) is 5.56 Å². The normalized spacial score (nSPS) is 14.7. The second-order valence-electron chi connectivity index (χ2n) is 8.35. The maximum Gasteiger partial charge on any atom is 0.410 e. The van der Waals surface area contributed by atoms with Crippen LogP contribution in [0, 0.1) is 23.3 Å². The Balaban J connectivity index is 1.84. The lowest BCUT2D eigenvalue weighted by atomic mass is 10.1. The lowest BCUT2D eigenvalue weighted by molar-refractivity contribution is -0.0241. The summed E-state index contributed by atoms with van der Waals surface area (Å²) in [4.78, 5) is 11.7. The first-order valence-electron chi connectivity index (χ1n) is 9.84. The highest BCUT2D eigenvalue weighted by Crippen LogP contribution is 2.35. The molecule has 12 heteroatoms. The number of sulfonamides is 1. The number of carbonyl (C=O) groups excluding carboxylic acids is 1. The maximum absolute atomic E-state index is 14.5. The molecule has 0 aromatic heterocycles. The molecule has 1 N–H and O–H groups in total. The van der Waals surface area contributed by atoms with E-state index in [1.54, 1.807) is 51.1 Å². The van der Waals surface area contributed by atoms with Gasteiger partial charge in [-0.3, -0.25) is 0 Å². The Morgan fingerprint density at radius 2 is 1.61 bits per heavy atom. The van der Waals surface area contributed by atoms with Crippen molar-refractivity contribution in [1.29, 1.82) is 0 Å². The average Bonchev–Trinajstić information content (AvgIpc) is 2.70. The summed E-state index contributed by atoms with van der Waals surface area (Å²) in [5, 5.41) is 0. The molecule has 1 aliphatic heterocycles. The number of likely N-dealkylation sites (tertiary alicyclic amines) is 1. The summed E-state index contributed by atoms with van der Waals surface area (Å²) in [5.41, 5.74) is -0.289. The van der Waals surface area contributed by atoms with E-state index in [1.165, 1.54) is 4.90 Å². The van der Waals surface area contributed by atoms with Crippen molar-refractivity contribution in [3.05, 3.63) is 59.2 Å². The number of benzene rings is 2. The smallest absolute Gasteiger partial charge is 0.410 e. The lowest BCUT2D eigenvalue weighted by Crippen LogP contribution is -2.57. The van der Waals surface area contributed by atoms with Gasteiger partial charge in [0.15, 0.2) is 22.3 Å². The lowest BCUT2D eigenvalue weighted by Gasteiger charge is -2.39. The van der Waals surface area contributed by atoms with Crippen molar-refractivity contribution in [2.24, 2.45) is 0 Å². The van der Waals surface area contributed by atoms with Crippen LogP contribution in [0.2, 0.25) is 0 Å². The number of hydrogen-bond donors (Lipinski definition) is 1. The van der Waals surface area contributed by atoms with Gasteiger partial charge >= 0.3 is 6.09 Å². The number of hydrogen-bond acceptors (Lipinski definition) is 5. The van der Waals surface area contributed by atoms with Crippen molar-refractivity contribution in [3.8, 4) is 5.75 Å². The topological polar surface area (TPSA) is 84.9 Å². The Morgan fingerprint density at radius 1 is 1.03 bits per heavy atom. The molecule has 33 heavy (non-hydrogen) atoms. The Bertz CT molecular complexity index is 1150. The van der Waals surface area contributed by atoms with Crippen molar-refractivity contribution in [3.63, 3.8) is 0 Å². The molecule has 1 amide bonds. The Labute approximate surface area is 188 Å². The zero-order valence-corrected chi connectivity index (χ0v) is 18.8. The molecule has 7 nitrogen and oxygen atoms in total. The molecule has 0 atom stereocenters. The predicted molar refractivity (Wildman–Crippen MR) is 109 cm³/mol. The minimum absolute atomic E-state index is 0.161. The summed E-state index contributed by atoms with van der Waals surface area (Å²) in [6.07, 6.45) is -1.70. The van der Waals surface area contributed by atoms with Crippen molar-refractivity contribution in [2.45, 2.75) is 43.9 Å². The number of rotatable bonds is 6. The van der Waals surface area contributed by atoms with Crippen LogP contribution in [-0.4, -0.2) is 44.2 Å². The van der Waals surface area contributed by atoms with Gasteiger partial charge < -0.3 is 14.4 Å². The average molecular weight is 490 g/mol. The third-order valence-corrected chi connectivity index (χ3v) is 5.97. The molecular formula is C21H22F4N2O5S. The first-order valence-corrected chi connectivity index (χ1v) is 11.3. The van der Waals surface area contributed by atoms with Gasteiger partial charge in [0, 0.05) is 6.54 Å². The molecule has 0 spiro atoms. The molecule has 180 valence electrons. The fourth-order valence-electron chi connectivity index (χ4n) is 2.94. The van der Waals surface area contributed by atoms with Crippen molar-refractivity contribution in [1.82, 2.24) is 9.62 Å². The maximum atomic E-state index is 14.5. The summed E-state index contributed by atoms with van der Waals surface area (Å²) in [6.45, 7) is 4.31. The van der Waals surface area contributed by atoms with Crippen molar-refractivity contribution < 1.29 is 40.2 Å². The molecule has 1 aliphatic rings. The van der Waals surface area contributed by atoms with E-state index in [2.05, 4.69) is 0 Å². The minimum atomic E-state index is -4.87. The second-order valence-corrected chi connectivity index (χ2v) is 10.1. The molecule has 1 saturated heterocycles. The molecule has 1 fully saturated rings. The number of halogens is 4. The summed E-state index contributed by atoms with van der Waals surface area (Å²) >= 11 is 0. The third-order valence-electron chi connectivity index (χ3n) is 4.55. The van der Waals surface area contributed by atoms with Crippen LogP contribution in [0.4, 0.5) is 22.4 Å². The van der Waals surface area contributed by atoms with Crippen LogP contribution in [-0.2, 0) is 21.3 Å². The van der Waals surface area contributed by atoms with E-state index in [1.807, 2.05) is 4.72 Å². The van der Waals surface area contributed by atoms with Crippen LogP contribution in [0.5, 0.6) is 5.75 Å². The van der Waals surface area contributed by atoms with E-state index in [9.17, 15) is 30.8 Å². The third kappa shape index (κ3) is 5.56. The number of nitrogens with zero attached hydrogens (tertiary/aromatic N) is 1. The van der Waals surface area contributed by atoms with Gasteiger partial charge in [-0.15, -0.1) is 0 Å². The molecule has 3 rings (SSSR count). The van der Waals surface area contributed by atoms with Gasteiger partial charge in [0.2, 0.25) is 21.7 Å². The van der Waals surface area contributed by atoms with E-state index in [-0.39, 0.29) is 19.6 Å². The largest absolute Gasteiger partial charge is 0.482 e. The molecule has 2 aromatic rings. The monoisotopic (exact) mass is 490 g/mol. The van der Waals surface area contributed by atoms with Crippen LogP contribution >= 0.6 is 0 Å². The molecule has 0 radical (unpaired) electrons. The SMILES string of the molecule is CC(C)(C)OC(=O)N1CC(Oc2c(F)c(F)c(F)c(F)c2S(=O)(=O)NCc2ccccc2)C1. The molecular weight excluding hydrogens is 468 g/mol. The van der Waals surface area contributed by atoms with E-state index in [4.69, 9.17) is 9.47 Å². The Hall–Kier alpha value is -2.86.